The number of hydrogen-bond acceptors (Lipinski definition) is 3. The minimum absolute atomic E-state index is 0.00517. The first kappa shape index (κ1) is 16.2. The van der Waals surface area contributed by atoms with Crippen molar-refractivity contribution < 1.29 is 32.2 Å². The molecule has 4 nitrogen and oxygen atoms in total. The largest absolute Gasteiger partial charge is 0.477 e. The molecule has 0 fully saturated rings. The Labute approximate surface area is 112 Å². The average Bonchev–Trinajstić information content (AvgIpc) is 2.26. The standard InChI is InChI=1S/C12H13F4NO3/c1-5(2)7-4-8(11(18)19)10(17-9(7)13)20-6(3)12(14,15)16/h4-6H,1-3H3,(H,18,19)/t6-/m0/s1. The molecular weight excluding hydrogens is 282 g/mol. The van der Waals surface area contributed by atoms with Crippen molar-refractivity contribution in [3.63, 3.8) is 0 Å². The summed E-state index contributed by atoms with van der Waals surface area (Å²) in [6.07, 6.45) is -7.00. The van der Waals surface area contributed by atoms with Crippen molar-refractivity contribution in [2.75, 3.05) is 0 Å². The molecule has 0 radical (unpaired) electrons. The number of pyridine rings is 1. The van der Waals surface area contributed by atoms with E-state index >= 15 is 0 Å². The molecule has 0 bridgehead atoms. The number of alkyl halides is 3. The van der Waals surface area contributed by atoms with Gasteiger partial charge in [-0.15, -0.1) is 0 Å². The van der Waals surface area contributed by atoms with E-state index in [0.29, 0.717) is 6.92 Å². The number of carbonyl (C=O) groups is 1. The molecule has 1 aromatic heterocycles. The maximum absolute atomic E-state index is 13.6. The van der Waals surface area contributed by atoms with Gasteiger partial charge in [0.15, 0.2) is 6.10 Å². The van der Waals surface area contributed by atoms with E-state index in [1.165, 1.54) is 0 Å². The molecule has 0 aliphatic heterocycles. The molecule has 0 aliphatic carbocycles. The number of ether oxygens (including phenoxy) is 1. The van der Waals surface area contributed by atoms with Gasteiger partial charge in [0.2, 0.25) is 11.8 Å². The predicted molar refractivity (Wildman–Crippen MR) is 61.4 cm³/mol. The average molecular weight is 295 g/mol. The monoisotopic (exact) mass is 295 g/mol. The van der Waals surface area contributed by atoms with Crippen molar-refractivity contribution >= 4 is 5.97 Å². The van der Waals surface area contributed by atoms with Crippen molar-refractivity contribution in [3.05, 3.63) is 23.1 Å². The van der Waals surface area contributed by atoms with E-state index in [2.05, 4.69) is 9.72 Å². The minimum Gasteiger partial charge on any atom is -0.477 e. The molecule has 1 aromatic rings. The van der Waals surface area contributed by atoms with Crippen LogP contribution in [-0.4, -0.2) is 28.3 Å². The molecule has 8 heteroatoms. The van der Waals surface area contributed by atoms with E-state index in [1.54, 1.807) is 13.8 Å². The summed E-state index contributed by atoms with van der Waals surface area (Å²) in [5, 5.41) is 8.95. The Hall–Kier alpha value is -1.86. The molecule has 0 unspecified atom stereocenters. The number of halogens is 4. The molecule has 1 heterocycles. The fourth-order valence-electron chi connectivity index (χ4n) is 1.37. The number of aromatic carboxylic acids is 1. The zero-order valence-corrected chi connectivity index (χ0v) is 11.0. The highest BCUT2D eigenvalue weighted by atomic mass is 19.4. The molecule has 0 saturated carbocycles. The maximum Gasteiger partial charge on any atom is 0.425 e. The first-order valence-electron chi connectivity index (χ1n) is 5.71. The second-order valence-electron chi connectivity index (χ2n) is 4.48. The van der Waals surface area contributed by atoms with Gasteiger partial charge in [-0.1, -0.05) is 13.8 Å². The van der Waals surface area contributed by atoms with Gasteiger partial charge in [0.1, 0.15) is 5.56 Å². The Balaban J connectivity index is 3.26. The number of hydrogen-bond donors (Lipinski definition) is 1. The van der Waals surface area contributed by atoms with Crippen molar-refractivity contribution in [1.29, 1.82) is 0 Å². The molecule has 0 aliphatic rings. The Morgan fingerprint density at radius 1 is 1.35 bits per heavy atom. The number of carboxylic acid groups (broad SMARTS) is 1. The molecule has 20 heavy (non-hydrogen) atoms. The summed E-state index contributed by atoms with van der Waals surface area (Å²) in [5.41, 5.74) is -0.611. The number of nitrogens with zero attached hydrogens (tertiary/aromatic N) is 1. The van der Waals surface area contributed by atoms with Crippen molar-refractivity contribution in [2.24, 2.45) is 0 Å². The van der Waals surface area contributed by atoms with Crippen LogP contribution in [0.25, 0.3) is 0 Å². The lowest BCUT2D eigenvalue weighted by atomic mass is 10.0. The second-order valence-corrected chi connectivity index (χ2v) is 4.48. The second kappa shape index (κ2) is 5.64. The van der Waals surface area contributed by atoms with Crippen molar-refractivity contribution in [2.45, 2.75) is 39.0 Å². The quantitative estimate of drug-likeness (QED) is 0.683. The third kappa shape index (κ3) is 3.58. The lowest BCUT2D eigenvalue weighted by molar-refractivity contribution is -0.190. The van der Waals surface area contributed by atoms with Gasteiger partial charge in [-0.05, 0) is 18.9 Å². The van der Waals surface area contributed by atoms with E-state index in [1.807, 2.05) is 0 Å². The van der Waals surface area contributed by atoms with Gasteiger partial charge in [-0.2, -0.15) is 22.5 Å². The van der Waals surface area contributed by atoms with Crippen LogP contribution < -0.4 is 4.74 Å². The van der Waals surface area contributed by atoms with Gasteiger partial charge in [-0.25, -0.2) is 4.79 Å². The van der Waals surface area contributed by atoms with Gasteiger partial charge in [0.25, 0.3) is 0 Å². The molecule has 0 spiro atoms. The van der Waals surface area contributed by atoms with Crippen LogP contribution in [-0.2, 0) is 0 Å². The Kier molecular flexibility index (Phi) is 4.57. The van der Waals surface area contributed by atoms with E-state index < -0.39 is 35.6 Å². The van der Waals surface area contributed by atoms with E-state index in [9.17, 15) is 22.4 Å². The summed E-state index contributed by atoms with van der Waals surface area (Å²) in [5.74, 6) is -3.84. The normalized spacial score (nSPS) is 13.4. The van der Waals surface area contributed by atoms with Gasteiger partial charge in [0, 0.05) is 5.56 Å². The van der Waals surface area contributed by atoms with Gasteiger partial charge in [0.05, 0.1) is 0 Å². The summed E-state index contributed by atoms with van der Waals surface area (Å²) in [7, 11) is 0. The molecule has 112 valence electrons. The summed E-state index contributed by atoms with van der Waals surface area (Å²) >= 11 is 0. The fraction of sp³-hybridized carbons (Fsp3) is 0.500. The van der Waals surface area contributed by atoms with Crippen LogP contribution in [0.3, 0.4) is 0 Å². The van der Waals surface area contributed by atoms with E-state index in [0.717, 1.165) is 6.07 Å². The third-order valence-corrected chi connectivity index (χ3v) is 2.57. The topological polar surface area (TPSA) is 59.4 Å². The molecule has 0 saturated heterocycles. The number of carboxylic acids is 1. The van der Waals surface area contributed by atoms with Crippen molar-refractivity contribution in [1.82, 2.24) is 4.98 Å². The van der Waals surface area contributed by atoms with Gasteiger partial charge < -0.3 is 9.84 Å². The highest BCUT2D eigenvalue weighted by molar-refractivity contribution is 5.90. The van der Waals surface area contributed by atoms with Crippen LogP contribution in [0.4, 0.5) is 17.6 Å². The van der Waals surface area contributed by atoms with Crippen LogP contribution in [0, 0.1) is 5.95 Å². The van der Waals surface area contributed by atoms with Crippen LogP contribution in [0.5, 0.6) is 5.88 Å². The lowest BCUT2D eigenvalue weighted by Crippen LogP contribution is -2.32. The zero-order chi connectivity index (χ0) is 15.7. The van der Waals surface area contributed by atoms with E-state index in [4.69, 9.17) is 5.11 Å². The Morgan fingerprint density at radius 2 is 1.90 bits per heavy atom. The molecular formula is C12H13F4NO3. The smallest absolute Gasteiger partial charge is 0.425 e. The highest BCUT2D eigenvalue weighted by Crippen LogP contribution is 2.29. The van der Waals surface area contributed by atoms with Crippen LogP contribution in [0.15, 0.2) is 6.07 Å². The molecule has 1 N–H and O–H groups in total. The number of rotatable bonds is 4. The predicted octanol–water partition coefficient (Wildman–Crippen LogP) is 3.37. The first-order chi connectivity index (χ1) is 9.04. The van der Waals surface area contributed by atoms with E-state index in [-0.39, 0.29) is 11.5 Å². The minimum atomic E-state index is -4.70. The van der Waals surface area contributed by atoms with Crippen LogP contribution in [0.2, 0.25) is 0 Å². The van der Waals surface area contributed by atoms with Gasteiger partial charge in [-0.3, -0.25) is 0 Å². The maximum atomic E-state index is 13.6. The molecule has 1 atom stereocenters. The number of aromatic nitrogens is 1. The summed E-state index contributed by atoms with van der Waals surface area (Å²) < 4.78 is 55.2. The third-order valence-electron chi connectivity index (χ3n) is 2.57. The summed E-state index contributed by atoms with van der Waals surface area (Å²) in [6.45, 7) is 3.89. The molecule has 0 amide bonds. The van der Waals surface area contributed by atoms with Crippen molar-refractivity contribution in [3.8, 4) is 5.88 Å². The summed E-state index contributed by atoms with van der Waals surface area (Å²) in [6, 6.07) is 0.938. The first-order valence-corrected chi connectivity index (χ1v) is 5.71. The summed E-state index contributed by atoms with van der Waals surface area (Å²) in [4.78, 5) is 14.2. The SMILES string of the molecule is CC(C)c1cc(C(=O)O)c(O[C@@H](C)C(F)(F)F)nc1F. The lowest BCUT2D eigenvalue weighted by Gasteiger charge is -2.19. The Morgan fingerprint density at radius 3 is 2.30 bits per heavy atom. The van der Waals surface area contributed by atoms with Gasteiger partial charge >= 0.3 is 12.1 Å². The van der Waals surface area contributed by atoms with Crippen LogP contribution in [0.1, 0.15) is 42.6 Å². The highest BCUT2D eigenvalue weighted by Gasteiger charge is 2.39. The van der Waals surface area contributed by atoms with Crippen LogP contribution >= 0.6 is 0 Å². The zero-order valence-electron chi connectivity index (χ0n) is 11.0. The Bertz CT molecular complexity index is 514. The molecule has 1 rings (SSSR count). The molecule has 0 aromatic carbocycles. The fourth-order valence-corrected chi connectivity index (χ4v) is 1.37.